The second-order valence-corrected chi connectivity index (χ2v) is 4.92. The number of rotatable bonds is 1. The van der Waals surface area contributed by atoms with E-state index >= 15 is 0 Å². The molecule has 0 bridgehead atoms. The monoisotopic (exact) mass is 223 g/mol. The Morgan fingerprint density at radius 3 is 2.65 bits per heavy atom. The van der Waals surface area contributed by atoms with Crippen LogP contribution in [0.1, 0.15) is 28.3 Å². The lowest BCUT2D eigenvalue weighted by atomic mass is 10.0. The maximum atomic E-state index is 3.65. The third-order valence-electron chi connectivity index (χ3n) is 3.55. The fraction of sp³-hybridized carbons (Fsp3) is 0.250. The maximum absolute atomic E-state index is 3.65. The molecule has 1 atom stereocenters. The van der Waals surface area contributed by atoms with Crippen molar-refractivity contribution in [3.05, 3.63) is 64.7 Å². The Bertz CT molecular complexity index is 557. The molecule has 1 N–H and O–H groups in total. The van der Waals surface area contributed by atoms with E-state index in [1.54, 1.807) is 0 Å². The van der Waals surface area contributed by atoms with E-state index in [1.165, 1.54) is 27.9 Å². The van der Waals surface area contributed by atoms with Crippen molar-refractivity contribution in [2.45, 2.75) is 26.3 Å². The van der Waals surface area contributed by atoms with Gasteiger partial charge in [-0.3, -0.25) is 0 Å². The number of hydrogen-bond acceptors (Lipinski definition) is 1. The lowest BCUT2D eigenvalue weighted by Gasteiger charge is -2.13. The first kappa shape index (κ1) is 10.4. The van der Waals surface area contributed by atoms with Crippen LogP contribution >= 0.6 is 0 Å². The van der Waals surface area contributed by atoms with Crippen molar-refractivity contribution in [1.82, 2.24) is 0 Å². The molecule has 1 aliphatic rings. The molecule has 1 unspecified atom stereocenters. The average molecular weight is 223 g/mol. The summed E-state index contributed by atoms with van der Waals surface area (Å²) in [5, 5.41) is 3.65. The van der Waals surface area contributed by atoms with E-state index < -0.39 is 0 Å². The highest BCUT2D eigenvalue weighted by atomic mass is 15.0. The standard InChI is InChI=1S/C16H17N/c1-11-5-3-7-13(9-11)15-10-14-8-4-6-12(2)16(14)17-15/h3-9,15,17H,10H2,1-2H3. The number of fused-ring (bicyclic) bond motifs is 1. The van der Waals surface area contributed by atoms with Gasteiger partial charge in [-0.25, -0.2) is 0 Å². The van der Waals surface area contributed by atoms with E-state index in [9.17, 15) is 0 Å². The molecule has 3 rings (SSSR count). The zero-order valence-electron chi connectivity index (χ0n) is 10.3. The number of nitrogens with one attached hydrogen (secondary N) is 1. The Labute approximate surface area is 102 Å². The summed E-state index contributed by atoms with van der Waals surface area (Å²) >= 11 is 0. The van der Waals surface area contributed by atoms with Crippen molar-refractivity contribution in [3.63, 3.8) is 0 Å². The first-order chi connectivity index (χ1) is 8.24. The van der Waals surface area contributed by atoms with Crippen molar-refractivity contribution >= 4 is 5.69 Å². The molecule has 86 valence electrons. The van der Waals surface area contributed by atoms with Crippen molar-refractivity contribution in [1.29, 1.82) is 0 Å². The van der Waals surface area contributed by atoms with Crippen LogP contribution in [0.5, 0.6) is 0 Å². The normalized spacial score (nSPS) is 17.6. The molecular formula is C16H17N. The van der Waals surface area contributed by atoms with Gasteiger partial charge in [0.1, 0.15) is 0 Å². The van der Waals surface area contributed by atoms with Crippen molar-refractivity contribution in [3.8, 4) is 0 Å². The molecule has 17 heavy (non-hydrogen) atoms. The van der Waals surface area contributed by atoms with Gasteiger partial charge in [-0.15, -0.1) is 0 Å². The molecule has 2 aromatic rings. The minimum absolute atomic E-state index is 0.436. The zero-order chi connectivity index (χ0) is 11.8. The topological polar surface area (TPSA) is 12.0 Å². The quantitative estimate of drug-likeness (QED) is 0.770. The summed E-state index contributed by atoms with van der Waals surface area (Å²) in [5.74, 6) is 0. The van der Waals surface area contributed by atoms with E-state index in [1.807, 2.05) is 0 Å². The summed E-state index contributed by atoms with van der Waals surface area (Å²) in [4.78, 5) is 0. The fourth-order valence-electron chi connectivity index (χ4n) is 2.64. The van der Waals surface area contributed by atoms with Crippen LogP contribution in [0.4, 0.5) is 5.69 Å². The van der Waals surface area contributed by atoms with Crippen LogP contribution in [-0.4, -0.2) is 0 Å². The predicted octanol–water partition coefficient (Wildman–Crippen LogP) is 4.01. The van der Waals surface area contributed by atoms with E-state index in [2.05, 4.69) is 61.6 Å². The van der Waals surface area contributed by atoms with E-state index in [0.717, 1.165) is 6.42 Å². The van der Waals surface area contributed by atoms with Gasteiger partial charge in [-0.1, -0.05) is 48.0 Å². The first-order valence-electron chi connectivity index (χ1n) is 6.15. The highest BCUT2D eigenvalue weighted by Gasteiger charge is 2.22. The molecule has 1 heterocycles. The number of hydrogen-bond donors (Lipinski definition) is 1. The molecule has 0 spiro atoms. The summed E-state index contributed by atoms with van der Waals surface area (Å²) in [6, 6.07) is 15.8. The largest absolute Gasteiger partial charge is 0.377 e. The zero-order valence-corrected chi connectivity index (χ0v) is 10.3. The summed E-state index contributed by atoms with van der Waals surface area (Å²) in [5.41, 5.74) is 6.84. The van der Waals surface area contributed by atoms with Gasteiger partial charge in [-0.05, 0) is 37.0 Å². The summed E-state index contributed by atoms with van der Waals surface area (Å²) in [6.07, 6.45) is 1.10. The lowest BCUT2D eigenvalue weighted by Crippen LogP contribution is -2.05. The third kappa shape index (κ3) is 1.82. The van der Waals surface area contributed by atoms with Gasteiger partial charge in [0, 0.05) is 5.69 Å². The van der Waals surface area contributed by atoms with Crippen molar-refractivity contribution < 1.29 is 0 Å². The van der Waals surface area contributed by atoms with Gasteiger partial charge in [0.15, 0.2) is 0 Å². The maximum Gasteiger partial charge on any atom is 0.0555 e. The minimum Gasteiger partial charge on any atom is -0.377 e. The molecule has 0 aromatic heterocycles. The van der Waals surface area contributed by atoms with Crippen LogP contribution in [0.2, 0.25) is 0 Å². The van der Waals surface area contributed by atoms with Gasteiger partial charge < -0.3 is 5.32 Å². The summed E-state index contributed by atoms with van der Waals surface area (Å²) in [7, 11) is 0. The molecule has 2 aromatic carbocycles. The molecule has 0 saturated heterocycles. The summed E-state index contributed by atoms with van der Waals surface area (Å²) < 4.78 is 0. The third-order valence-corrected chi connectivity index (χ3v) is 3.55. The molecular weight excluding hydrogens is 206 g/mol. The minimum atomic E-state index is 0.436. The second kappa shape index (κ2) is 3.92. The van der Waals surface area contributed by atoms with Gasteiger partial charge in [0.25, 0.3) is 0 Å². The SMILES string of the molecule is Cc1cccc(C2Cc3cccc(C)c3N2)c1. The van der Waals surface area contributed by atoms with Crippen LogP contribution in [0.15, 0.2) is 42.5 Å². The van der Waals surface area contributed by atoms with Crippen LogP contribution < -0.4 is 5.32 Å². The molecule has 0 amide bonds. The summed E-state index contributed by atoms with van der Waals surface area (Å²) in [6.45, 7) is 4.32. The molecule has 0 saturated carbocycles. The predicted molar refractivity (Wildman–Crippen MR) is 72.4 cm³/mol. The highest BCUT2D eigenvalue weighted by molar-refractivity contribution is 5.62. The second-order valence-electron chi connectivity index (χ2n) is 4.92. The molecule has 0 fully saturated rings. The van der Waals surface area contributed by atoms with Crippen LogP contribution in [0.3, 0.4) is 0 Å². The van der Waals surface area contributed by atoms with Gasteiger partial charge >= 0.3 is 0 Å². The van der Waals surface area contributed by atoms with Gasteiger partial charge in [0.2, 0.25) is 0 Å². The molecule has 1 nitrogen and oxygen atoms in total. The highest BCUT2D eigenvalue weighted by Crippen LogP contribution is 2.36. The number of aryl methyl sites for hydroxylation is 2. The molecule has 0 aliphatic carbocycles. The fourth-order valence-corrected chi connectivity index (χ4v) is 2.64. The van der Waals surface area contributed by atoms with E-state index in [-0.39, 0.29) is 0 Å². The first-order valence-corrected chi connectivity index (χ1v) is 6.15. The van der Waals surface area contributed by atoms with Gasteiger partial charge in [0.05, 0.1) is 6.04 Å². The van der Waals surface area contributed by atoms with Crippen LogP contribution in [-0.2, 0) is 6.42 Å². The molecule has 0 radical (unpaired) electrons. The Kier molecular flexibility index (Phi) is 2.40. The van der Waals surface area contributed by atoms with Crippen LogP contribution in [0, 0.1) is 13.8 Å². The number of benzene rings is 2. The number of para-hydroxylation sites is 1. The molecule has 1 aliphatic heterocycles. The smallest absolute Gasteiger partial charge is 0.0555 e. The van der Waals surface area contributed by atoms with Gasteiger partial charge in [-0.2, -0.15) is 0 Å². The average Bonchev–Trinajstić information content (AvgIpc) is 2.74. The Morgan fingerprint density at radius 1 is 1.06 bits per heavy atom. The lowest BCUT2D eigenvalue weighted by molar-refractivity contribution is 0.823. The molecule has 1 heteroatoms. The number of anilines is 1. The van der Waals surface area contributed by atoms with Crippen molar-refractivity contribution in [2.24, 2.45) is 0 Å². The van der Waals surface area contributed by atoms with Crippen LogP contribution in [0.25, 0.3) is 0 Å². The van der Waals surface area contributed by atoms with Crippen molar-refractivity contribution in [2.75, 3.05) is 5.32 Å². The Hall–Kier alpha value is -1.76. The Balaban J connectivity index is 1.94. The Morgan fingerprint density at radius 2 is 1.88 bits per heavy atom. The van der Waals surface area contributed by atoms with E-state index in [0.29, 0.717) is 6.04 Å². The van der Waals surface area contributed by atoms with E-state index in [4.69, 9.17) is 0 Å².